The van der Waals surface area contributed by atoms with Gasteiger partial charge in [0.05, 0.1) is 5.69 Å². The van der Waals surface area contributed by atoms with Gasteiger partial charge in [0, 0.05) is 24.3 Å². The van der Waals surface area contributed by atoms with Gasteiger partial charge < -0.3 is 4.42 Å². The summed E-state index contributed by atoms with van der Waals surface area (Å²) in [6, 6.07) is 6.35. The van der Waals surface area contributed by atoms with Gasteiger partial charge in [-0.3, -0.25) is 24.6 Å². The number of carbonyl (C=O) groups excluding carboxylic acids is 3. The molecule has 2 heterocycles. The Balaban J connectivity index is 1.42. The minimum atomic E-state index is -0.389. The summed E-state index contributed by atoms with van der Waals surface area (Å²) in [5.41, 5.74) is 0.840. The first kappa shape index (κ1) is 17.4. The van der Waals surface area contributed by atoms with Crippen LogP contribution in [-0.4, -0.2) is 27.9 Å². The maximum Gasteiger partial charge on any atom is 0.322 e. The van der Waals surface area contributed by atoms with Gasteiger partial charge in [-0.25, -0.2) is 0 Å². The molecule has 1 aliphatic carbocycles. The summed E-state index contributed by atoms with van der Waals surface area (Å²) < 4.78 is 5.60. The SMILES string of the molecule is O=C(Nc1nnc(C2CCCCC2)o1)c1ccc(N2C(=O)CCC2=O)cc1. The van der Waals surface area contributed by atoms with Crippen molar-refractivity contribution in [2.24, 2.45) is 0 Å². The van der Waals surface area contributed by atoms with Crippen LogP contribution < -0.4 is 10.2 Å². The molecule has 1 saturated carbocycles. The Morgan fingerprint density at radius 3 is 2.33 bits per heavy atom. The van der Waals surface area contributed by atoms with E-state index in [9.17, 15) is 14.4 Å². The minimum Gasteiger partial charge on any atom is -0.408 e. The third kappa shape index (κ3) is 3.60. The van der Waals surface area contributed by atoms with Crippen molar-refractivity contribution in [1.29, 1.82) is 0 Å². The number of aromatic nitrogens is 2. The molecular weight excluding hydrogens is 348 g/mol. The molecule has 0 atom stereocenters. The summed E-state index contributed by atoms with van der Waals surface area (Å²) in [6.45, 7) is 0. The van der Waals surface area contributed by atoms with E-state index in [-0.39, 0.29) is 42.5 Å². The fraction of sp³-hybridized carbons (Fsp3) is 0.421. The summed E-state index contributed by atoms with van der Waals surface area (Å²) in [6.07, 6.45) is 6.06. The molecule has 140 valence electrons. The van der Waals surface area contributed by atoms with Crippen molar-refractivity contribution in [1.82, 2.24) is 10.2 Å². The quantitative estimate of drug-likeness (QED) is 0.832. The van der Waals surface area contributed by atoms with Crippen LogP contribution in [0.5, 0.6) is 0 Å². The Morgan fingerprint density at radius 2 is 1.67 bits per heavy atom. The van der Waals surface area contributed by atoms with Gasteiger partial charge in [0.25, 0.3) is 5.91 Å². The second-order valence-electron chi connectivity index (χ2n) is 6.90. The number of rotatable bonds is 4. The van der Waals surface area contributed by atoms with E-state index in [1.165, 1.54) is 6.42 Å². The van der Waals surface area contributed by atoms with Crippen molar-refractivity contribution in [3.05, 3.63) is 35.7 Å². The maximum atomic E-state index is 12.4. The molecule has 27 heavy (non-hydrogen) atoms. The summed E-state index contributed by atoms with van der Waals surface area (Å²) in [4.78, 5) is 37.1. The van der Waals surface area contributed by atoms with Crippen molar-refractivity contribution in [2.75, 3.05) is 10.2 Å². The number of carbonyl (C=O) groups is 3. The van der Waals surface area contributed by atoms with Gasteiger partial charge in [0.15, 0.2) is 0 Å². The first-order chi connectivity index (χ1) is 13.1. The average Bonchev–Trinajstić information content (AvgIpc) is 3.29. The van der Waals surface area contributed by atoms with Gasteiger partial charge in [-0.05, 0) is 37.1 Å². The number of nitrogens with one attached hydrogen (secondary N) is 1. The summed E-state index contributed by atoms with van der Waals surface area (Å²) in [7, 11) is 0. The van der Waals surface area contributed by atoms with E-state index in [1.807, 2.05) is 0 Å². The van der Waals surface area contributed by atoms with Gasteiger partial charge in [-0.15, -0.1) is 5.10 Å². The van der Waals surface area contributed by atoms with E-state index in [2.05, 4.69) is 15.5 Å². The maximum absolute atomic E-state index is 12.4. The Kier molecular flexibility index (Phi) is 4.70. The average molecular weight is 368 g/mol. The van der Waals surface area contributed by atoms with Crippen LogP contribution in [0, 0.1) is 0 Å². The number of hydrogen-bond donors (Lipinski definition) is 1. The first-order valence-electron chi connectivity index (χ1n) is 9.22. The fourth-order valence-corrected chi connectivity index (χ4v) is 3.60. The highest BCUT2D eigenvalue weighted by Gasteiger charge is 2.30. The zero-order valence-electron chi connectivity index (χ0n) is 14.8. The van der Waals surface area contributed by atoms with Crippen LogP contribution in [0.15, 0.2) is 28.7 Å². The lowest BCUT2D eigenvalue weighted by atomic mass is 9.89. The van der Waals surface area contributed by atoms with Gasteiger partial charge in [-0.2, -0.15) is 0 Å². The minimum absolute atomic E-state index is 0.0783. The van der Waals surface area contributed by atoms with Gasteiger partial charge >= 0.3 is 6.01 Å². The van der Waals surface area contributed by atoms with Crippen LogP contribution in [0.2, 0.25) is 0 Å². The van der Waals surface area contributed by atoms with Gasteiger partial charge in [-0.1, -0.05) is 24.4 Å². The van der Waals surface area contributed by atoms with Crippen LogP contribution >= 0.6 is 0 Å². The van der Waals surface area contributed by atoms with Crippen molar-refractivity contribution in [2.45, 2.75) is 50.9 Å². The molecule has 1 aliphatic heterocycles. The van der Waals surface area contributed by atoms with Gasteiger partial charge in [0.2, 0.25) is 17.7 Å². The summed E-state index contributed by atoms with van der Waals surface area (Å²) in [5, 5.41) is 10.6. The number of benzene rings is 1. The summed E-state index contributed by atoms with van der Waals surface area (Å²) in [5.74, 6) is 0.00852. The lowest BCUT2D eigenvalue weighted by molar-refractivity contribution is -0.121. The topological polar surface area (TPSA) is 105 Å². The van der Waals surface area contributed by atoms with Crippen LogP contribution in [0.25, 0.3) is 0 Å². The molecule has 2 fully saturated rings. The fourth-order valence-electron chi connectivity index (χ4n) is 3.60. The Bertz CT molecular complexity index is 852. The molecule has 0 radical (unpaired) electrons. The zero-order chi connectivity index (χ0) is 18.8. The molecule has 2 aliphatic rings. The van der Waals surface area contributed by atoms with Crippen molar-refractivity contribution in [3.63, 3.8) is 0 Å². The Morgan fingerprint density at radius 1 is 1.00 bits per heavy atom. The smallest absolute Gasteiger partial charge is 0.322 e. The predicted octanol–water partition coefficient (Wildman–Crippen LogP) is 3.02. The molecular formula is C19H20N4O4. The first-order valence-corrected chi connectivity index (χ1v) is 9.22. The zero-order valence-corrected chi connectivity index (χ0v) is 14.8. The number of anilines is 2. The second kappa shape index (κ2) is 7.30. The summed E-state index contributed by atoms with van der Waals surface area (Å²) >= 11 is 0. The molecule has 8 heteroatoms. The molecule has 0 bridgehead atoms. The van der Waals surface area contributed by atoms with E-state index in [0.717, 1.165) is 30.6 Å². The second-order valence-corrected chi connectivity index (χ2v) is 6.90. The third-order valence-electron chi connectivity index (χ3n) is 5.05. The lowest BCUT2D eigenvalue weighted by Gasteiger charge is -2.17. The van der Waals surface area contributed by atoms with Crippen LogP contribution in [-0.2, 0) is 9.59 Å². The van der Waals surface area contributed by atoms with E-state index in [4.69, 9.17) is 4.42 Å². The number of amides is 3. The molecule has 4 rings (SSSR count). The lowest BCUT2D eigenvalue weighted by Crippen LogP contribution is -2.28. The molecule has 1 aromatic heterocycles. The third-order valence-corrected chi connectivity index (χ3v) is 5.05. The predicted molar refractivity (Wildman–Crippen MR) is 96.2 cm³/mol. The molecule has 1 N–H and O–H groups in total. The largest absolute Gasteiger partial charge is 0.408 e. The highest BCUT2D eigenvalue weighted by Crippen LogP contribution is 2.32. The van der Waals surface area contributed by atoms with Crippen molar-refractivity contribution >= 4 is 29.4 Å². The van der Waals surface area contributed by atoms with E-state index in [0.29, 0.717) is 17.1 Å². The number of hydrogen-bond acceptors (Lipinski definition) is 6. The van der Waals surface area contributed by atoms with Gasteiger partial charge in [0.1, 0.15) is 0 Å². The Hall–Kier alpha value is -3.03. The van der Waals surface area contributed by atoms with Crippen molar-refractivity contribution < 1.29 is 18.8 Å². The monoisotopic (exact) mass is 368 g/mol. The van der Waals surface area contributed by atoms with Crippen LogP contribution in [0.3, 0.4) is 0 Å². The number of imide groups is 1. The molecule has 2 aromatic rings. The molecule has 1 saturated heterocycles. The highest BCUT2D eigenvalue weighted by atomic mass is 16.4. The molecule has 8 nitrogen and oxygen atoms in total. The standard InChI is InChI=1S/C19H20N4O4/c24-15-10-11-16(25)23(15)14-8-6-12(7-9-14)17(26)20-19-22-21-18(27-19)13-4-2-1-3-5-13/h6-9,13H,1-5,10-11H2,(H,20,22,26). The van der Waals surface area contributed by atoms with Crippen molar-refractivity contribution in [3.8, 4) is 0 Å². The Labute approximate surface area is 155 Å². The van der Waals surface area contributed by atoms with Crippen LogP contribution in [0.4, 0.5) is 11.7 Å². The molecule has 0 spiro atoms. The van der Waals surface area contributed by atoms with E-state index >= 15 is 0 Å². The molecule has 3 amide bonds. The van der Waals surface area contributed by atoms with E-state index < -0.39 is 0 Å². The molecule has 1 aromatic carbocycles. The van der Waals surface area contributed by atoms with E-state index in [1.54, 1.807) is 24.3 Å². The van der Waals surface area contributed by atoms with Crippen LogP contribution in [0.1, 0.15) is 67.1 Å². The normalized spacial score (nSPS) is 18.1. The highest BCUT2D eigenvalue weighted by molar-refractivity contribution is 6.20. The number of nitrogens with zero attached hydrogens (tertiary/aromatic N) is 3. The molecule has 0 unspecified atom stereocenters.